The second-order valence-electron chi connectivity index (χ2n) is 4.93. The molecule has 4 heteroatoms. The predicted molar refractivity (Wildman–Crippen MR) is 88.8 cm³/mol. The lowest BCUT2D eigenvalue weighted by molar-refractivity contribution is 0.248. The fourth-order valence-electron chi connectivity index (χ4n) is 2.37. The van der Waals surface area contributed by atoms with Crippen LogP contribution in [0.4, 0.5) is 10.5 Å². The number of fused-ring (bicyclic) bond motifs is 1. The number of carbonyl (C=O) groups excluding carboxylic acids is 1. The maximum Gasteiger partial charge on any atom is 0.319 e. The average Bonchev–Trinajstić information content (AvgIpc) is 2.52. The highest BCUT2D eigenvalue weighted by Crippen LogP contribution is 2.22. The van der Waals surface area contributed by atoms with Crippen LogP contribution in [0.25, 0.3) is 10.8 Å². The molecule has 21 heavy (non-hydrogen) atoms. The molecule has 4 nitrogen and oxygen atoms in total. The van der Waals surface area contributed by atoms with Gasteiger partial charge in [-0.15, -0.1) is 0 Å². The zero-order chi connectivity index (χ0) is 15.1. The van der Waals surface area contributed by atoms with Crippen molar-refractivity contribution in [2.75, 3.05) is 31.5 Å². The first-order chi connectivity index (χ1) is 10.2. The minimum Gasteiger partial charge on any atom is -0.337 e. The van der Waals surface area contributed by atoms with Gasteiger partial charge in [0.2, 0.25) is 0 Å². The van der Waals surface area contributed by atoms with Gasteiger partial charge in [0.1, 0.15) is 0 Å². The van der Waals surface area contributed by atoms with Crippen molar-refractivity contribution in [3.8, 4) is 0 Å². The largest absolute Gasteiger partial charge is 0.337 e. The van der Waals surface area contributed by atoms with Crippen molar-refractivity contribution < 1.29 is 4.79 Å². The topological polar surface area (TPSA) is 44.4 Å². The summed E-state index contributed by atoms with van der Waals surface area (Å²) in [6, 6.07) is 13.8. The molecule has 2 aromatic carbocycles. The fourth-order valence-corrected chi connectivity index (χ4v) is 2.37. The van der Waals surface area contributed by atoms with E-state index in [0.29, 0.717) is 6.54 Å². The summed E-state index contributed by atoms with van der Waals surface area (Å²) in [7, 11) is 0. The van der Waals surface area contributed by atoms with Crippen LogP contribution in [0.1, 0.15) is 13.8 Å². The van der Waals surface area contributed by atoms with Gasteiger partial charge in [0.25, 0.3) is 0 Å². The molecule has 0 aromatic heterocycles. The number of hydrogen-bond donors (Lipinski definition) is 2. The molecule has 0 saturated carbocycles. The number of urea groups is 1. The maximum absolute atomic E-state index is 12.0. The Morgan fingerprint density at radius 2 is 1.76 bits per heavy atom. The Bertz CT molecular complexity index is 588. The summed E-state index contributed by atoms with van der Waals surface area (Å²) in [5.74, 6) is 0. The highest BCUT2D eigenvalue weighted by Gasteiger charge is 2.05. The van der Waals surface area contributed by atoms with Gasteiger partial charge < -0.3 is 15.5 Å². The molecule has 0 aliphatic rings. The van der Waals surface area contributed by atoms with Crippen molar-refractivity contribution in [1.82, 2.24) is 10.2 Å². The molecule has 2 rings (SSSR count). The minimum atomic E-state index is -0.154. The van der Waals surface area contributed by atoms with Crippen LogP contribution in [0.5, 0.6) is 0 Å². The number of nitrogens with one attached hydrogen (secondary N) is 2. The predicted octanol–water partition coefficient (Wildman–Crippen LogP) is 3.30. The van der Waals surface area contributed by atoms with E-state index >= 15 is 0 Å². The van der Waals surface area contributed by atoms with Crippen LogP contribution in [-0.2, 0) is 0 Å². The van der Waals surface area contributed by atoms with Gasteiger partial charge in [0, 0.05) is 18.5 Å². The monoisotopic (exact) mass is 285 g/mol. The van der Waals surface area contributed by atoms with Crippen molar-refractivity contribution in [3.05, 3.63) is 42.5 Å². The lowest BCUT2D eigenvalue weighted by Crippen LogP contribution is -2.36. The smallest absolute Gasteiger partial charge is 0.319 e. The highest BCUT2D eigenvalue weighted by molar-refractivity contribution is 6.01. The summed E-state index contributed by atoms with van der Waals surface area (Å²) in [5.41, 5.74) is 0.841. The molecule has 0 atom stereocenters. The molecule has 0 unspecified atom stereocenters. The molecule has 0 heterocycles. The Morgan fingerprint density at radius 3 is 2.52 bits per heavy atom. The normalized spacial score (nSPS) is 10.8. The zero-order valence-corrected chi connectivity index (χ0v) is 12.7. The second kappa shape index (κ2) is 7.64. The highest BCUT2D eigenvalue weighted by atomic mass is 16.2. The van der Waals surface area contributed by atoms with Crippen LogP contribution in [0.3, 0.4) is 0 Å². The van der Waals surface area contributed by atoms with Gasteiger partial charge in [-0.2, -0.15) is 0 Å². The molecular weight excluding hydrogens is 262 g/mol. The molecule has 0 aliphatic carbocycles. The molecule has 0 aliphatic heterocycles. The second-order valence-corrected chi connectivity index (χ2v) is 4.93. The van der Waals surface area contributed by atoms with Crippen molar-refractivity contribution in [3.63, 3.8) is 0 Å². The molecule has 0 radical (unpaired) electrons. The fraction of sp³-hybridized carbons (Fsp3) is 0.353. The molecule has 0 saturated heterocycles. The number of amides is 2. The van der Waals surface area contributed by atoms with Crippen LogP contribution in [0.15, 0.2) is 42.5 Å². The van der Waals surface area contributed by atoms with Gasteiger partial charge in [0.15, 0.2) is 0 Å². The lowest BCUT2D eigenvalue weighted by atomic mass is 10.1. The van der Waals surface area contributed by atoms with Crippen LogP contribution in [0, 0.1) is 0 Å². The molecule has 2 aromatic rings. The van der Waals surface area contributed by atoms with E-state index in [4.69, 9.17) is 0 Å². The van der Waals surface area contributed by atoms with Crippen LogP contribution in [-0.4, -0.2) is 37.1 Å². The third-order valence-electron chi connectivity index (χ3n) is 3.65. The van der Waals surface area contributed by atoms with Crippen molar-refractivity contribution >= 4 is 22.5 Å². The van der Waals surface area contributed by atoms with Gasteiger partial charge >= 0.3 is 6.03 Å². The quantitative estimate of drug-likeness (QED) is 0.855. The number of rotatable bonds is 6. The third-order valence-corrected chi connectivity index (χ3v) is 3.65. The summed E-state index contributed by atoms with van der Waals surface area (Å²) >= 11 is 0. The lowest BCUT2D eigenvalue weighted by Gasteiger charge is -2.18. The Morgan fingerprint density at radius 1 is 1.05 bits per heavy atom. The SMILES string of the molecule is CCN(CC)CCNC(=O)Nc1cccc2ccccc12. The molecule has 112 valence electrons. The summed E-state index contributed by atoms with van der Waals surface area (Å²) in [6.07, 6.45) is 0. The summed E-state index contributed by atoms with van der Waals surface area (Å²) < 4.78 is 0. The van der Waals surface area contributed by atoms with Gasteiger partial charge in [-0.3, -0.25) is 0 Å². The van der Waals surface area contributed by atoms with E-state index in [1.54, 1.807) is 0 Å². The van der Waals surface area contributed by atoms with Crippen LogP contribution in [0.2, 0.25) is 0 Å². The van der Waals surface area contributed by atoms with E-state index in [0.717, 1.165) is 36.1 Å². The minimum absolute atomic E-state index is 0.154. The first-order valence-corrected chi connectivity index (χ1v) is 7.49. The summed E-state index contributed by atoms with van der Waals surface area (Å²) in [6.45, 7) is 7.78. The van der Waals surface area contributed by atoms with E-state index in [2.05, 4.69) is 29.4 Å². The van der Waals surface area contributed by atoms with Crippen LogP contribution < -0.4 is 10.6 Å². The number of nitrogens with zero attached hydrogens (tertiary/aromatic N) is 1. The summed E-state index contributed by atoms with van der Waals surface area (Å²) in [4.78, 5) is 14.2. The van der Waals surface area contributed by atoms with E-state index in [1.807, 2.05) is 42.5 Å². The maximum atomic E-state index is 12.0. The van der Waals surface area contributed by atoms with E-state index in [1.165, 1.54) is 0 Å². The number of hydrogen-bond acceptors (Lipinski definition) is 2. The summed E-state index contributed by atoms with van der Waals surface area (Å²) in [5, 5.41) is 8.01. The first-order valence-electron chi connectivity index (χ1n) is 7.49. The van der Waals surface area contributed by atoms with Crippen molar-refractivity contribution in [2.24, 2.45) is 0 Å². The Balaban J connectivity index is 1.93. The molecule has 0 spiro atoms. The molecule has 0 bridgehead atoms. The number of benzene rings is 2. The van der Waals surface area contributed by atoms with Gasteiger partial charge in [0.05, 0.1) is 5.69 Å². The van der Waals surface area contributed by atoms with Crippen LogP contribution >= 0.6 is 0 Å². The number of likely N-dealkylation sites (N-methyl/N-ethyl adjacent to an activating group) is 1. The van der Waals surface area contributed by atoms with Gasteiger partial charge in [-0.1, -0.05) is 50.2 Å². The number of carbonyl (C=O) groups is 1. The third kappa shape index (κ3) is 4.20. The molecule has 0 fully saturated rings. The van der Waals surface area contributed by atoms with Gasteiger partial charge in [-0.25, -0.2) is 4.79 Å². The molecular formula is C17H23N3O. The van der Waals surface area contributed by atoms with E-state index in [-0.39, 0.29) is 6.03 Å². The Kier molecular flexibility index (Phi) is 5.58. The molecule has 2 N–H and O–H groups in total. The standard InChI is InChI=1S/C17H23N3O/c1-3-20(4-2)13-12-18-17(21)19-16-11-7-9-14-8-5-6-10-15(14)16/h5-11H,3-4,12-13H2,1-2H3,(H2,18,19,21). The number of anilines is 1. The van der Waals surface area contributed by atoms with E-state index < -0.39 is 0 Å². The Labute approximate surface area is 126 Å². The van der Waals surface area contributed by atoms with Gasteiger partial charge in [-0.05, 0) is 24.5 Å². The first kappa shape index (κ1) is 15.3. The average molecular weight is 285 g/mol. The molecule has 2 amide bonds. The van der Waals surface area contributed by atoms with Crippen molar-refractivity contribution in [1.29, 1.82) is 0 Å². The zero-order valence-electron chi connectivity index (χ0n) is 12.7. The van der Waals surface area contributed by atoms with Crippen molar-refractivity contribution in [2.45, 2.75) is 13.8 Å². The van der Waals surface area contributed by atoms with E-state index in [9.17, 15) is 4.79 Å². The Hall–Kier alpha value is -2.07.